The summed E-state index contributed by atoms with van der Waals surface area (Å²) in [6.07, 6.45) is 0. The van der Waals surface area contributed by atoms with Crippen LogP contribution in [0, 0.1) is 30.9 Å². The molecule has 0 bridgehead atoms. The third-order valence-corrected chi connectivity index (χ3v) is 3.72. The molecule has 0 saturated carbocycles. The molecule has 0 aliphatic heterocycles. The number of aromatic nitrogens is 1. The Kier molecular flexibility index (Phi) is 4.68. The molecular weight excluding hydrogens is 314 g/mol. The summed E-state index contributed by atoms with van der Waals surface area (Å²) in [5.41, 5.74) is 2.19. The van der Waals surface area contributed by atoms with Gasteiger partial charge >= 0.3 is 5.97 Å². The van der Waals surface area contributed by atoms with E-state index >= 15 is 0 Å². The highest BCUT2D eigenvalue weighted by Gasteiger charge is 2.23. The van der Waals surface area contributed by atoms with Crippen LogP contribution in [0.25, 0.3) is 0 Å². The average molecular weight is 331 g/mol. The van der Waals surface area contributed by atoms with Gasteiger partial charge in [-0.1, -0.05) is 6.07 Å². The Bertz CT molecular complexity index is 838. The lowest BCUT2D eigenvalue weighted by molar-refractivity contribution is -0.385. The monoisotopic (exact) mass is 331 g/mol. The van der Waals surface area contributed by atoms with Crippen LogP contribution in [0.2, 0.25) is 0 Å². The molecule has 2 rings (SSSR count). The second-order valence-electron chi connectivity index (χ2n) is 5.33. The zero-order valence-electron chi connectivity index (χ0n) is 13.7. The van der Waals surface area contributed by atoms with Crippen molar-refractivity contribution in [1.82, 2.24) is 4.98 Å². The number of methoxy groups -OCH3 is 1. The SMILES string of the molecule is COC(=O)c1c(C)[nH]c(C(=O)Nc2ccc(C)c([N+](=O)[O-])c2)c1C. The van der Waals surface area contributed by atoms with E-state index in [9.17, 15) is 19.7 Å². The second-order valence-corrected chi connectivity index (χ2v) is 5.33. The molecule has 0 unspecified atom stereocenters. The fraction of sp³-hybridized carbons (Fsp3) is 0.250. The van der Waals surface area contributed by atoms with Crippen molar-refractivity contribution < 1.29 is 19.2 Å². The van der Waals surface area contributed by atoms with E-state index in [0.717, 1.165) is 0 Å². The number of H-pyrrole nitrogens is 1. The van der Waals surface area contributed by atoms with Gasteiger partial charge in [0.05, 0.1) is 17.6 Å². The first-order chi connectivity index (χ1) is 11.3. The van der Waals surface area contributed by atoms with Crippen LogP contribution < -0.4 is 5.32 Å². The summed E-state index contributed by atoms with van der Waals surface area (Å²) in [6, 6.07) is 4.42. The van der Waals surface area contributed by atoms with Crippen LogP contribution in [0.5, 0.6) is 0 Å². The van der Waals surface area contributed by atoms with Gasteiger partial charge in [-0.15, -0.1) is 0 Å². The molecule has 0 aliphatic rings. The number of aromatic amines is 1. The van der Waals surface area contributed by atoms with E-state index < -0.39 is 16.8 Å². The van der Waals surface area contributed by atoms with E-state index in [1.165, 1.54) is 13.2 Å². The first-order valence-corrected chi connectivity index (χ1v) is 7.10. The molecule has 1 amide bonds. The number of amides is 1. The number of nitrogens with one attached hydrogen (secondary N) is 2. The predicted octanol–water partition coefficient (Wildman–Crippen LogP) is 2.89. The van der Waals surface area contributed by atoms with Gasteiger partial charge in [0.2, 0.25) is 0 Å². The van der Waals surface area contributed by atoms with Crippen LogP contribution in [-0.4, -0.2) is 28.9 Å². The number of esters is 1. The molecular formula is C16H17N3O5. The number of carbonyl (C=O) groups is 2. The molecule has 1 aromatic carbocycles. The van der Waals surface area contributed by atoms with Crippen molar-refractivity contribution in [2.45, 2.75) is 20.8 Å². The number of hydrogen-bond donors (Lipinski definition) is 2. The van der Waals surface area contributed by atoms with Gasteiger partial charge in [-0.3, -0.25) is 14.9 Å². The van der Waals surface area contributed by atoms with Crippen LogP contribution in [0.1, 0.15) is 37.7 Å². The van der Waals surface area contributed by atoms with Crippen molar-refractivity contribution in [2.24, 2.45) is 0 Å². The quantitative estimate of drug-likeness (QED) is 0.508. The maximum atomic E-state index is 12.4. The molecule has 0 fully saturated rings. The molecule has 0 aliphatic carbocycles. The molecule has 1 heterocycles. The first kappa shape index (κ1) is 17.2. The molecule has 8 nitrogen and oxygen atoms in total. The zero-order valence-corrected chi connectivity index (χ0v) is 13.7. The number of aryl methyl sites for hydroxylation is 2. The van der Waals surface area contributed by atoms with Gasteiger partial charge < -0.3 is 15.0 Å². The molecule has 0 saturated heterocycles. The van der Waals surface area contributed by atoms with Gasteiger partial charge in [-0.2, -0.15) is 0 Å². The number of benzene rings is 1. The summed E-state index contributed by atoms with van der Waals surface area (Å²) in [6.45, 7) is 4.90. The van der Waals surface area contributed by atoms with Gasteiger partial charge in [-0.05, 0) is 32.4 Å². The lowest BCUT2D eigenvalue weighted by Gasteiger charge is -2.06. The predicted molar refractivity (Wildman–Crippen MR) is 87.4 cm³/mol. The summed E-state index contributed by atoms with van der Waals surface area (Å²) in [4.78, 5) is 37.5. The summed E-state index contributed by atoms with van der Waals surface area (Å²) in [5.74, 6) is -1.03. The third-order valence-electron chi connectivity index (χ3n) is 3.72. The minimum atomic E-state index is -0.536. The van der Waals surface area contributed by atoms with Gasteiger partial charge in [0, 0.05) is 23.0 Å². The van der Waals surface area contributed by atoms with Gasteiger partial charge in [0.15, 0.2) is 0 Å². The molecule has 0 spiro atoms. The molecule has 1 aromatic heterocycles. The Morgan fingerprint density at radius 2 is 1.92 bits per heavy atom. The highest BCUT2D eigenvalue weighted by molar-refractivity contribution is 6.07. The van der Waals surface area contributed by atoms with E-state index in [0.29, 0.717) is 28.1 Å². The number of nitrogens with zero attached hydrogens (tertiary/aromatic N) is 1. The van der Waals surface area contributed by atoms with E-state index in [1.54, 1.807) is 32.9 Å². The number of carbonyl (C=O) groups excluding carboxylic acids is 2. The largest absolute Gasteiger partial charge is 0.465 e. The summed E-state index contributed by atoms with van der Waals surface area (Å²) in [7, 11) is 1.26. The first-order valence-electron chi connectivity index (χ1n) is 7.10. The molecule has 2 aromatic rings. The zero-order chi connectivity index (χ0) is 18.0. The van der Waals surface area contributed by atoms with Crippen molar-refractivity contribution in [1.29, 1.82) is 0 Å². The number of rotatable bonds is 4. The Hall–Kier alpha value is -3.16. The van der Waals surface area contributed by atoms with Gasteiger partial charge in [0.1, 0.15) is 5.69 Å². The summed E-state index contributed by atoms with van der Waals surface area (Å²) >= 11 is 0. The average Bonchev–Trinajstić information content (AvgIpc) is 2.83. The van der Waals surface area contributed by atoms with Crippen LogP contribution in [-0.2, 0) is 4.74 Å². The van der Waals surface area contributed by atoms with Crippen molar-refractivity contribution in [2.75, 3.05) is 12.4 Å². The van der Waals surface area contributed by atoms with Crippen LogP contribution >= 0.6 is 0 Å². The number of nitro benzene ring substituents is 1. The van der Waals surface area contributed by atoms with Crippen LogP contribution in [0.4, 0.5) is 11.4 Å². The van der Waals surface area contributed by atoms with E-state index in [4.69, 9.17) is 4.74 Å². The number of hydrogen-bond acceptors (Lipinski definition) is 5. The Morgan fingerprint density at radius 1 is 1.25 bits per heavy atom. The second kappa shape index (κ2) is 6.53. The molecule has 0 atom stereocenters. The van der Waals surface area contributed by atoms with E-state index in [1.807, 2.05) is 0 Å². The highest BCUT2D eigenvalue weighted by Crippen LogP contribution is 2.24. The minimum Gasteiger partial charge on any atom is -0.465 e. The lowest BCUT2D eigenvalue weighted by Crippen LogP contribution is -2.14. The van der Waals surface area contributed by atoms with Gasteiger partial charge in [0.25, 0.3) is 11.6 Å². The van der Waals surface area contributed by atoms with Gasteiger partial charge in [-0.25, -0.2) is 4.79 Å². The lowest BCUT2D eigenvalue weighted by atomic mass is 10.1. The maximum Gasteiger partial charge on any atom is 0.339 e. The minimum absolute atomic E-state index is 0.0811. The van der Waals surface area contributed by atoms with Crippen molar-refractivity contribution >= 4 is 23.3 Å². The molecule has 0 radical (unpaired) electrons. The van der Waals surface area contributed by atoms with Crippen LogP contribution in [0.3, 0.4) is 0 Å². The summed E-state index contributed by atoms with van der Waals surface area (Å²) < 4.78 is 4.70. The fourth-order valence-corrected chi connectivity index (χ4v) is 2.46. The van der Waals surface area contributed by atoms with Crippen molar-refractivity contribution in [3.8, 4) is 0 Å². The maximum absolute atomic E-state index is 12.4. The number of ether oxygens (including phenoxy) is 1. The molecule has 126 valence electrons. The number of anilines is 1. The smallest absolute Gasteiger partial charge is 0.339 e. The van der Waals surface area contributed by atoms with Crippen molar-refractivity contribution in [3.05, 3.63) is 56.4 Å². The molecule has 2 N–H and O–H groups in total. The van der Waals surface area contributed by atoms with E-state index in [2.05, 4.69) is 10.3 Å². The Morgan fingerprint density at radius 3 is 2.50 bits per heavy atom. The van der Waals surface area contributed by atoms with Crippen molar-refractivity contribution in [3.63, 3.8) is 0 Å². The fourth-order valence-electron chi connectivity index (χ4n) is 2.46. The van der Waals surface area contributed by atoms with E-state index in [-0.39, 0.29) is 11.4 Å². The normalized spacial score (nSPS) is 10.3. The Labute approximate surface area is 138 Å². The summed E-state index contributed by atoms with van der Waals surface area (Å²) in [5, 5.41) is 13.6. The molecule has 24 heavy (non-hydrogen) atoms. The standard InChI is InChI=1S/C16H17N3O5/c1-8-5-6-11(7-12(8)19(22)23)18-15(20)14-9(2)13(10(3)17-14)16(21)24-4/h5-7,17H,1-4H3,(H,18,20). The number of nitro groups is 1. The van der Waals surface area contributed by atoms with Crippen LogP contribution in [0.15, 0.2) is 18.2 Å². The highest BCUT2D eigenvalue weighted by atomic mass is 16.6. The Balaban J connectivity index is 2.33. The third kappa shape index (κ3) is 3.12. The molecule has 8 heteroatoms. The topological polar surface area (TPSA) is 114 Å².